The van der Waals surface area contributed by atoms with Gasteiger partial charge in [0.15, 0.2) is 6.29 Å². The standard InChI is InChI=1S/C80H135NO8/c1-3-5-7-9-11-13-15-17-19-21-23-25-27-29-31-32-33-34-35-36-37-38-39-40-41-42-44-46-48-50-52-54-56-58-60-62-64-66-68-70-76(84)81-73(72-88-80-79(87)78(86)77(85)75(71-82)89-80)74(83)69-67-65-63-61-59-57-55-53-51-49-47-45-43-30-28-26-24-22-20-18-16-14-12-10-8-6-4-2/h5,7,11,13,17,19,23,25,29,31,33-34,36-37,39-40,42,44,51,53,59,61,67,69,73-75,77-80,82-83,85-87H,3-4,6,8-10,12,14-16,18,20-22,24,26-28,30,32,35,38,41,43,45-50,52,54-58,60,62-66,68,70-72H2,1-2H3,(H,81,84)/b7-5-,13-11-,19-17-,25-23-,31-29-,34-33-,37-36-,40-39-,44-42-,53-51+,61-59+,69-67+. The molecule has 1 saturated heterocycles. The summed E-state index contributed by atoms with van der Waals surface area (Å²) in [4.78, 5) is 13.1. The van der Waals surface area contributed by atoms with Crippen LogP contribution in [-0.2, 0) is 14.3 Å². The molecule has 508 valence electrons. The van der Waals surface area contributed by atoms with Crippen molar-refractivity contribution in [2.75, 3.05) is 13.2 Å². The van der Waals surface area contributed by atoms with E-state index in [4.69, 9.17) is 9.47 Å². The number of hydrogen-bond acceptors (Lipinski definition) is 8. The van der Waals surface area contributed by atoms with Crippen LogP contribution in [0.15, 0.2) is 146 Å². The van der Waals surface area contributed by atoms with Crippen LogP contribution in [0.1, 0.15) is 296 Å². The van der Waals surface area contributed by atoms with Crippen molar-refractivity contribution in [1.29, 1.82) is 0 Å². The lowest BCUT2D eigenvalue weighted by Crippen LogP contribution is -2.60. The first-order valence-electron chi connectivity index (χ1n) is 36.6. The zero-order chi connectivity index (χ0) is 64.2. The minimum atomic E-state index is -1.58. The Balaban J connectivity index is 2.17. The molecule has 1 rings (SSSR count). The van der Waals surface area contributed by atoms with Crippen LogP contribution in [0.4, 0.5) is 0 Å². The Bertz CT molecular complexity index is 1920. The summed E-state index contributed by atoms with van der Waals surface area (Å²) in [6.07, 6.45) is 96.7. The molecule has 0 aromatic rings. The van der Waals surface area contributed by atoms with E-state index in [2.05, 4.69) is 153 Å². The van der Waals surface area contributed by atoms with Crippen molar-refractivity contribution in [3.63, 3.8) is 0 Å². The fraction of sp³-hybridized carbons (Fsp3) is 0.688. The largest absolute Gasteiger partial charge is 0.394 e. The molecule has 1 amide bonds. The van der Waals surface area contributed by atoms with E-state index in [1.807, 2.05) is 6.08 Å². The molecule has 0 saturated carbocycles. The molecule has 89 heavy (non-hydrogen) atoms. The van der Waals surface area contributed by atoms with Gasteiger partial charge in [-0.2, -0.15) is 0 Å². The van der Waals surface area contributed by atoms with Crippen molar-refractivity contribution in [2.45, 2.75) is 339 Å². The van der Waals surface area contributed by atoms with Crippen molar-refractivity contribution in [1.82, 2.24) is 5.32 Å². The summed E-state index contributed by atoms with van der Waals surface area (Å²) in [5.74, 6) is -0.197. The number of nitrogens with one attached hydrogen (secondary N) is 1. The molecule has 9 nitrogen and oxygen atoms in total. The van der Waals surface area contributed by atoms with Crippen molar-refractivity contribution in [2.24, 2.45) is 0 Å². The van der Waals surface area contributed by atoms with Crippen LogP contribution in [0.2, 0.25) is 0 Å². The number of ether oxygens (including phenoxy) is 2. The molecule has 0 bridgehead atoms. The number of aliphatic hydroxyl groups excluding tert-OH is 5. The Morgan fingerprint density at radius 1 is 0.393 bits per heavy atom. The second-order valence-electron chi connectivity index (χ2n) is 24.6. The quantitative estimate of drug-likeness (QED) is 0.0261. The first-order chi connectivity index (χ1) is 43.8. The molecule has 0 aromatic carbocycles. The average molecular weight is 1240 g/mol. The number of carbonyl (C=O) groups is 1. The third-order valence-corrected chi connectivity index (χ3v) is 16.4. The highest BCUT2D eigenvalue weighted by Gasteiger charge is 2.44. The van der Waals surface area contributed by atoms with Gasteiger partial charge in [-0.25, -0.2) is 0 Å². The van der Waals surface area contributed by atoms with Gasteiger partial charge in [-0.15, -0.1) is 0 Å². The third kappa shape index (κ3) is 55.4. The topological polar surface area (TPSA) is 149 Å². The molecule has 1 heterocycles. The maximum atomic E-state index is 13.1. The lowest BCUT2D eigenvalue weighted by atomic mass is 9.99. The summed E-state index contributed by atoms with van der Waals surface area (Å²) >= 11 is 0. The molecule has 9 heteroatoms. The molecule has 0 spiro atoms. The van der Waals surface area contributed by atoms with Crippen LogP contribution < -0.4 is 5.32 Å². The van der Waals surface area contributed by atoms with Gasteiger partial charge in [0.25, 0.3) is 0 Å². The van der Waals surface area contributed by atoms with Crippen molar-refractivity contribution < 1.29 is 39.8 Å². The SMILES string of the molecule is CC/C=C\C/C=C\C/C=C\C/C=C\C/C=C\C/C=C\C/C=C\C/C=C\C/C=C\CCCCCCCCCCCCCC(=O)NC(COC1OC(CO)C(O)C(O)C1O)C(O)/C=C/CC/C=C/CC/C=C/CCCCCCCCCCCCCCCCCCC. The monoisotopic (exact) mass is 1240 g/mol. The Hall–Kier alpha value is -3.93. The highest BCUT2D eigenvalue weighted by molar-refractivity contribution is 5.76. The molecular formula is C80H135NO8. The summed E-state index contributed by atoms with van der Waals surface area (Å²) in [5, 5.41) is 54.8. The van der Waals surface area contributed by atoms with Gasteiger partial charge < -0.3 is 40.3 Å². The lowest BCUT2D eigenvalue weighted by molar-refractivity contribution is -0.302. The Morgan fingerprint density at radius 3 is 1.08 bits per heavy atom. The summed E-state index contributed by atoms with van der Waals surface area (Å²) in [5.41, 5.74) is 0. The number of rotatable bonds is 62. The van der Waals surface area contributed by atoms with Crippen molar-refractivity contribution in [3.8, 4) is 0 Å². The first-order valence-corrected chi connectivity index (χ1v) is 36.6. The highest BCUT2D eigenvalue weighted by Crippen LogP contribution is 2.23. The highest BCUT2D eigenvalue weighted by atomic mass is 16.7. The molecule has 0 aromatic heterocycles. The van der Waals surface area contributed by atoms with Crippen molar-refractivity contribution >= 4 is 5.91 Å². The zero-order valence-corrected chi connectivity index (χ0v) is 56.9. The number of amides is 1. The number of aliphatic hydroxyl groups is 5. The molecular weight excluding hydrogens is 1100 g/mol. The van der Waals surface area contributed by atoms with Gasteiger partial charge in [0.05, 0.1) is 25.4 Å². The summed E-state index contributed by atoms with van der Waals surface area (Å²) < 4.78 is 11.3. The summed E-state index contributed by atoms with van der Waals surface area (Å²) in [6.45, 7) is 3.66. The zero-order valence-electron chi connectivity index (χ0n) is 56.9. The van der Waals surface area contributed by atoms with Gasteiger partial charge in [-0.05, 0) is 116 Å². The molecule has 1 aliphatic heterocycles. The van der Waals surface area contributed by atoms with E-state index in [-0.39, 0.29) is 12.5 Å². The smallest absolute Gasteiger partial charge is 0.220 e. The minimum absolute atomic E-state index is 0.197. The Kier molecular flexibility index (Phi) is 62.5. The fourth-order valence-corrected chi connectivity index (χ4v) is 10.7. The van der Waals surface area contributed by atoms with Crippen LogP contribution in [0.25, 0.3) is 0 Å². The summed E-state index contributed by atoms with van der Waals surface area (Å²) in [7, 11) is 0. The Morgan fingerprint density at radius 2 is 0.708 bits per heavy atom. The molecule has 7 unspecified atom stereocenters. The van der Waals surface area contributed by atoms with Crippen LogP contribution in [-0.4, -0.2) is 87.5 Å². The van der Waals surface area contributed by atoms with Gasteiger partial charge in [0.2, 0.25) is 5.91 Å². The Labute approximate surface area is 546 Å². The fourth-order valence-electron chi connectivity index (χ4n) is 10.7. The maximum absolute atomic E-state index is 13.1. The molecule has 0 aliphatic carbocycles. The van der Waals surface area contributed by atoms with Crippen LogP contribution in [0, 0.1) is 0 Å². The van der Waals surface area contributed by atoms with E-state index in [1.165, 1.54) is 161 Å². The number of unbranched alkanes of at least 4 members (excludes halogenated alkanes) is 30. The van der Waals surface area contributed by atoms with E-state index >= 15 is 0 Å². The van der Waals surface area contributed by atoms with E-state index in [1.54, 1.807) is 6.08 Å². The van der Waals surface area contributed by atoms with Crippen molar-refractivity contribution in [3.05, 3.63) is 146 Å². The number of carbonyl (C=O) groups excluding carboxylic acids is 1. The first kappa shape index (κ1) is 83.1. The molecule has 6 N–H and O–H groups in total. The minimum Gasteiger partial charge on any atom is -0.394 e. The van der Waals surface area contributed by atoms with Gasteiger partial charge in [0, 0.05) is 6.42 Å². The second kappa shape index (κ2) is 67.0. The van der Waals surface area contributed by atoms with Gasteiger partial charge in [0.1, 0.15) is 24.4 Å². The van der Waals surface area contributed by atoms with E-state index in [0.29, 0.717) is 6.42 Å². The van der Waals surface area contributed by atoms with E-state index < -0.39 is 49.5 Å². The third-order valence-electron chi connectivity index (χ3n) is 16.4. The van der Waals surface area contributed by atoms with Gasteiger partial charge >= 0.3 is 0 Å². The predicted molar refractivity (Wildman–Crippen MR) is 382 cm³/mol. The summed E-state index contributed by atoms with van der Waals surface area (Å²) in [6, 6.07) is -0.842. The van der Waals surface area contributed by atoms with Gasteiger partial charge in [-0.1, -0.05) is 320 Å². The number of allylic oxidation sites excluding steroid dienone is 23. The van der Waals surface area contributed by atoms with Gasteiger partial charge in [-0.3, -0.25) is 4.79 Å². The lowest BCUT2D eigenvalue weighted by Gasteiger charge is -2.40. The van der Waals surface area contributed by atoms with Crippen LogP contribution in [0.3, 0.4) is 0 Å². The van der Waals surface area contributed by atoms with Crippen LogP contribution in [0.5, 0.6) is 0 Å². The van der Waals surface area contributed by atoms with E-state index in [0.717, 1.165) is 116 Å². The maximum Gasteiger partial charge on any atom is 0.220 e. The molecule has 1 aliphatic rings. The van der Waals surface area contributed by atoms with Crippen LogP contribution >= 0.6 is 0 Å². The normalized spacial score (nSPS) is 18.8. The second-order valence-corrected chi connectivity index (χ2v) is 24.6. The predicted octanol–water partition coefficient (Wildman–Crippen LogP) is 20.5. The average Bonchev–Trinajstić information content (AvgIpc) is 2.42. The number of hydrogen-bond donors (Lipinski definition) is 6. The van der Waals surface area contributed by atoms with E-state index in [9.17, 15) is 30.3 Å². The molecule has 7 atom stereocenters. The molecule has 0 radical (unpaired) electrons. The molecule has 1 fully saturated rings.